The number of ether oxygens (including phenoxy) is 1. The molecule has 0 bridgehead atoms. The number of hydrogen-bond donors (Lipinski definition) is 2. The van der Waals surface area contributed by atoms with E-state index in [1.165, 1.54) is 5.56 Å². The number of nitrogens with one attached hydrogen (secondary N) is 1. The Balaban J connectivity index is 1.93. The van der Waals surface area contributed by atoms with E-state index in [4.69, 9.17) is 9.84 Å². The summed E-state index contributed by atoms with van der Waals surface area (Å²) in [6.07, 6.45) is 4.59. The van der Waals surface area contributed by atoms with E-state index in [-0.39, 0.29) is 6.61 Å². The Labute approximate surface area is 90.3 Å². The zero-order valence-corrected chi connectivity index (χ0v) is 8.85. The molecule has 0 fully saturated rings. The van der Waals surface area contributed by atoms with Gasteiger partial charge >= 0.3 is 0 Å². The van der Waals surface area contributed by atoms with E-state index in [1.807, 2.05) is 18.3 Å². The van der Waals surface area contributed by atoms with Gasteiger partial charge in [0.2, 0.25) is 0 Å². The zero-order valence-electron chi connectivity index (χ0n) is 8.85. The van der Waals surface area contributed by atoms with Crippen molar-refractivity contribution < 1.29 is 9.84 Å². The minimum Gasteiger partial charge on any atom is -0.394 e. The number of aliphatic hydroxyl groups excluding tert-OH is 1. The molecule has 1 rings (SSSR count). The van der Waals surface area contributed by atoms with E-state index in [0.717, 1.165) is 19.5 Å². The van der Waals surface area contributed by atoms with Gasteiger partial charge in [0, 0.05) is 25.5 Å². The van der Waals surface area contributed by atoms with Crippen LogP contribution in [0.5, 0.6) is 0 Å². The Morgan fingerprint density at radius 1 is 1.40 bits per heavy atom. The molecule has 0 unspecified atom stereocenters. The van der Waals surface area contributed by atoms with Gasteiger partial charge in [-0.15, -0.1) is 0 Å². The van der Waals surface area contributed by atoms with E-state index in [2.05, 4.69) is 10.3 Å². The van der Waals surface area contributed by atoms with Crippen LogP contribution >= 0.6 is 0 Å². The lowest BCUT2D eigenvalue weighted by atomic mass is 10.3. The molecule has 0 saturated heterocycles. The van der Waals surface area contributed by atoms with Gasteiger partial charge in [-0.1, -0.05) is 6.07 Å². The fourth-order valence-electron chi connectivity index (χ4n) is 1.20. The van der Waals surface area contributed by atoms with Crippen molar-refractivity contribution in [1.82, 2.24) is 10.3 Å². The lowest BCUT2D eigenvalue weighted by Gasteiger charge is -2.04. The molecular weight excluding hydrogens is 192 g/mol. The third-order valence-electron chi connectivity index (χ3n) is 1.93. The highest BCUT2D eigenvalue weighted by Gasteiger charge is 1.91. The lowest BCUT2D eigenvalue weighted by molar-refractivity contribution is 0.0907. The Morgan fingerprint density at radius 2 is 2.33 bits per heavy atom. The number of aliphatic hydroxyl groups is 1. The quantitative estimate of drug-likeness (QED) is 0.616. The van der Waals surface area contributed by atoms with E-state index in [0.29, 0.717) is 13.2 Å². The highest BCUT2D eigenvalue weighted by atomic mass is 16.5. The van der Waals surface area contributed by atoms with Crippen LogP contribution in [-0.4, -0.2) is 36.5 Å². The lowest BCUT2D eigenvalue weighted by Crippen LogP contribution is -2.16. The van der Waals surface area contributed by atoms with Gasteiger partial charge in [-0.3, -0.25) is 4.98 Å². The molecule has 0 aliphatic carbocycles. The molecule has 0 atom stereocenters. The van der Waals surface area contributed by atoms with Crippen molar-refractivity contribution in [1.29, 1.82) is 0 Å². The van der Waals surface area contributed by atoms with E-state index >= 15 is 0 Å². The van der Waals surface area contributed by atoms with Crippen LogP contribution in [-0.2, 0) is 11.3 Å². The summed E-state index contributed by atoms with van der Waals surface area (Å²) in [6.45, 7) is 2.99. The molecule has 2 N–H and O–H groups in total. The highest BCUT2D eigenvalue weighted by molar-refractivity contribution is 5.07. The summed E-state index contributed by atoms with van der Waals surface area (Å²) in [6, 6.07) is 3.98. The Kier molecular flexibility index (Phi) is 6.73. The third-order valence-corrected chi connectivity index (χ3v) is 1.93. The molecule has 0 amide bonds. The molecule has 4 nitrogen and oxygen atoms in total. The molecule has 15 heavy (non-hydrogen) atoms. The van der Waals surface area contributed by atoms with Gasteiger partial charge < -0.3 is 15.2 Å². The van der Waals surface area contributed by atoms with Gasteiger partial charge in [0.25, 0.3) is 0 Å². The average Bonchev–Trinajstić information content (AvgIpc) is 2.29. The number of pyridine rings is 1. The molecule has 0 saturated carbocycles. The molecular formula is C11H18N2O2. The van der Waals surface area contributed by atoms with Crippen molar-refractivity contribution in [3.63, 3.8) is 0 Å². The minimum absolute atomic E-state index is 0.100. The van der Waals surface area contributed by atoms with Crippen LogP contribution in [0.2, 0.25) is 0 Å². The van der Waals surface area contributed by atoms with Crippen LogP contribution in [0.25, 0.3) is 0 Å². The second kappa shape index (κ2) is 8.35. The zero-order chi connectivity index (χ0) is 10.8. The van der Waals surface area contributed by atoms with Crippen LogP contribution in [0.4, 0.5) is 0 Å². The van der Waals surface area contributed by atoms with Gasteiger partial charge in [0.05, 0.1) is 13.2 Å². The first-order valence-electron chi connectivity index (χ1n) is 5.21. The van der Waals surface area contributed by atoms with Crippen molar-refractivity contribution in [2.45, 2.75) is 13.0 Å². The number of rotatable bonds is 8. The Hall–Kier alpha value is -0.970. The first kappa shape index (κ1) is 12.1. The minimum atomic E-state index is 0.100. The maximum atomic E-state index is 8.47. The van der Waals surface area contributed by atoms with E-state index in [1.54, 1.807) is 6.20 Å². The molecule has 0 aromatic carbocycles. The van der Waals surface area contributed by atoms with Crippen molar-refractivity contribution in [2.24, 2.45) is 0 Å². The highest BCUT2D eigenvalue weighted by Crippen LogP contribution is 1.94. The van der Waals surface area contributed by atoms with Crippen LogP contribution in [0.3, 0.4) is 0 Å². The fourth-order valence-corrected chi connectivity index (χ4v) is 1.20. The maximum absolute atomic E-state index is 8.47. The van der Waals surface area contributed by atoms with Gasteiger partial charge in [-0.2, -0.15) is 0 Å². The Morgan fingerprint density at radius 3 is 3.07 bits per heavy atom. The second-order valence-corrected chi connectivity index (χ2v) is 3.23. The number of nitrogens with zero attached hydrogens (tertiary/aromatic N) is 1. The summed E-state index contributed by atoms with van der Waals surface area (Å²) in [5, 5.41) is 11.8. The first-order valence-corrected chi connectivity index (χ1v) is 5.21. The monoisotopic (exact) mass is 210 g/mol. The van der Waals surface area contributed by atoms with Crippen molar-refractivity contribution in [2.75, 3.05) is 26.4 Å². The summed E-state index contributed by atoms with van der Waals surface area (Å²) in [5.41, 5.74) is 1.19. The average molecular weight is 210 g/mol. The second-order valence-electron chi connectivity index (χ2n) is 3.23. The van der Waals surface area contributed by atoms with Gasteiger partial charge in [0.15, 0.2) is 0 Å². The van der Waals surface area contributed by atoms with Crippen molar-refractivity contribution >= 4 is 0 Å². The predicted octanol–water partition coefficient (Wildman–Crippen LogP) is 0.570. The standard InChI is InChI=1S/C11H18N2O2/c14-6-8-15-7-2-5-13-10-11-3-1-4-12-9-11/h1,3-4,9,13-14H,2,5-8,10H2. The summed E-state index contributed by atoms with van der Waals surface area (Å²) < 4.78 is 5.13. The van der Waals surface area contributed by atoms with E-state index < -0.39 is 0 Å². The number of aromatic nitrogens is 1. The first-order chi connectivity index (χ1) is 7.43. The van der Waals surface area contributed by atoms with E-state index in [9.17, 15) is 0 Å². The van der Waals surface area contributed by atoms with Crippen LogP contribution < -0.4 is 5.32 Å². The van der Waals surface area contributed by atoms with Gasteiger partial charge in [-0.25, -0.2) is 0 Å². The van der Waals surface area contributed by atoms with Crippen LogP contribution in [0.1, 0.15) is 12.0 Å². The normalized spacial score (nSPS) is 10.5. The molecule has 0 spiro atoms. The topological polar surface area (TPSA) is 54.4 Å². The van der Waals surface area contributed by atoms with Crippen LogP contribution in [0.15, 0.2) is 24.5 Å². The fraction of sp³-hybridized carbons (Fsp3) is 0.545. The smallest absolute Gasteiger partial charge is 0.0697 e. The maximum Gasteiger partial charge on any atom is 0.0697 e. The third kappa shape index (κ3) is 6.17. The SMILES string of the molecule is OCCOCCCNCc1cccnc1. The molecule has 1 aromatic heterocycles. The summed E-state index contributed by atoms with van der Waals surface area (Å²) in [4.78, 5) is 4.03. The molecule has 0 aliphatic heterocycles. The Bertz CT molecular complexity index is 242. The summed E-state index contributed by atoms with van der Waals surface area (Å²) in [7, 11) is 0. The summed E-state index contributed by atoms with van der Waals surface area (Å²) in [5.74, 6) is 0. The van der Waals surface area contributed by atoms with Crippen molar-refractivity contribution in [3.05, 3.63) is 30.1 Å². The molecule has 1 aromatic rings. The molecule has 84 valence electrons. The van der Waals surface area contributed by atoms with Gasteiger partial charge in [-0.05, 0) is 24.6 Å². The predicted molar refractivity (Wildman–Crippen MR) is 58.5 cm³/mol. The summed E-state index contributed by atoms with van der Waals surface area (Å²) >= 11 is 0. The largest absolute Gasteiger partial charge is 0.394 e. The van der Waals surface area contributed by atoms with Crippen molar-refractivity contribution in [3.8, 4) is 0 Å². The van der Waals surface area contributed by atoms with Crippen LogP contribution in [0, 0.1) is 0 Å². The molecule has 0 aliphatic rings. The molecule has 0 radical (unpaired) electrons. The van der Waals surface area contributed by atoms with Gasteiger partial charge in [0.1, 0.15) is 0 Å². The molecule has 1 heterocycles. The molecule has 4 heteroatoms. The number of hydrogen-bond acceptors (Lipinski definition) is 4.